The molecule has 0 aliphatic heterocycles. The van der Waals surface area contributed by atoms with Crippen LogP contribution in [-0.2, 0) is 10.2 Å². The van der Waals surface area contributed by atoms with Gasteiger partial charge in [0.15, 0.2) is 0 Å². The van der Waals surface area contributed by atoms with E-state index in [0.717, 1.165) is 11.3 Å². The lowest BCUT2D eigenvalue weighted by atomic mass is 9.86. The monoisotopic (exact) mass is 262 g/mol. The summed E-state index contributed by atoms with van der Waals surface area (Å²) in [5.74, 6) is -0.0401. The van der Waals surface area contributed by atoms with Crippen molar-refractivity contribution < 1.29 is 4.79 Å². The molecule has 0 heterocycles. The first-order valence-corrected chi connectivity index (χ1v) is 6.69. The lowest BCUT2D eigenvalue weighted by molar-refractivity contribution is -0.117. The first kappa shape index (κ1) is 15.7. The summed E-state index contributed by atoms with van der Waals surface area (Å²) in [5, 5.41) is 2.96. The van der Waals surface area contributed by atoms with Gasteiger partial charge in [0.25, 0.3) is 0 Å². The molecule has 0 saturated carbocycles. The third-order valence-electron chi connectivity index (χ3n) is 2.99. The van der Waals surface area contributed by atoms with Crippen molar-refractivity contribution in [3.05, 3.63) is 29.3 Å². The van der Waals surface area contributed by atoms with E-state index in [1.54, 1.807) is 0 Å². The zero-order chi connectivity index (χ0) is 14.8. The fourth-order valence-electron chi connectivity index (χ4n) is 1.83. The second-order valence-electron chi connectivity index (χ2n) is 6.99. The first-order chi connectivity index (χ1) is 8.49. The highest BCUT2D eigenvalue weighted by Crippen LogP contribution is 2.27. The van der Waals surface area contributed by atoms with E-state index in [1.807, 2.05) is 26.8 Å². The molecule has 3 nitrogen and oxygen atoms in total. The van der Waals surface area contributed by atoms with E-state index in [4.69, 9.17) is 5.73 Å². The van der Waals surface area contributed by atoms with Gasteiger partial charge >= 0.3 is 0 Å². The highest BCUT2D eigenvalue weighted by molar-refractivity contribution is 5.92. The fraction of sp³-hybridized carbons (Fsp3) is 0.562. The molecule has 0 radical (unpaired) electrons. The molecule has 0 saturated heterocycles. The number of aryl methyl sites for hydroxylation is 1. The van der Waals surface area contributed by atoms with E-state index in [2.05, 4.69) is 38.2 Å². The number of anilines is 1. The van der Waals surface area contributed by atoms with Crippen LogP contribution in [0.25, 0.3) is 0 Å². The Morgan fingerprint density at radius 3 is 2.26 bits per heavy atom. The fourth-order valence-corrected chi connectivity index (χ4v) is 1.83. The molecular weight excluding hydrogens is 236 g/mol. The number of nitrogens with one attached hydrogen (secondary N) is 1. The number of benzene rings is 1. The molecule has 3 heteroatoms. The molecule has 0 spiro atoms. The molecule has 3 N–H and O–H groups in total. The smallest absolute Gasteiger partial charge is 0.226 e. The van der Waals surface area contributed by atoms with E-state index in [0.29, 0.717) is 6.42 Å². The summed E-state index contributed by atoms with van der Waals surface area (Å²) in [6.45, 7) is 12.2. The Bertz CT molecular complexity index is 465. The molecule has 0 bridgehead atoms. The third-order valence-corrected chi connectivity index (χ3v) is 2.99. The maximum absolute atomic E-state index is 12.0. The van der Waals surface area contributed by atoms with E-state index in [9.17, 15) is 4.79 Å². The Hall–Kier alpha value is -1.35. The quantitative estimate of drug-likeness (QED) is 0.877. The Labute approximate surface area is 116 Å². The standard InChI is InChI=1S/C16H26N2O/c1-11-7-8-12(15(2,3)4)9-13(11)18-14(19)10-16(5,6)17/h7-9H,10,17H2,1-6H3,(H,18,19). The third kappa shape index (κ3) is 5.03. The van der Waals surface area contributed by atoms with Crippen molar-refractivity contribution in [3.8, 4) is 0 Å². The largest absolute Gasteiger partial charge is 0.326 e. The molecule has 19 heavy (non-hydrogen) atoms. The van der Waals surface area contributed by atoms with Crippen molar-refractivity contribution >= 4 is 11.6 Å². The summed E-state index contributed by atoms with van der Waals surface area (Å²) >= 11 is 0. The maximum atomic E-state index is 12.0. The first-order valence-electron chi connectivity index (χ1n) is 6.69. The van der Waals surface area contributed by atoms with Crippen LogP contribution in [-0.4, -0.2) is 11.4 Å². The number of nitrogens with two attached hydrogens (primary N) is 1. The molecule has 1 aromatic carbocycles. The predicted molar refractivity (Wildman–Crippen MR) is 81.4 cm³/mol. The van der Waals surface area contributed by atoms with Gasteiger partial charge in [-0.15, -0.1) is 0 Å². The van der Waals surface area contributed by atoms with E-state index < -0.39 is 5.54 Å². The second-order valence-corrected chi connectivity index (χ2v) is 6.99. The van der Waals surface area contributed by atoms with E-state index in [-0.39, 0.29) is 11.3 Å². The van der Waals surface area contributed by atoms with E-state index in [1.165, 1.54) is 5.56 Å². The lowest BCUT2D eigenvalue weighted by Gasteiger charge is -2.22. The van der Waals surface area contributed by atoms with Crippen molar-refractivity contribution in [3.63, 3.8) is 0 Å². The van der Waals surface area contributed by atoms with Crippen LogP contribution in [0.1, 0.15) is 52.2 Å². The maximum Gasteiger partial charge on any atom is 0.226 e. The van der Waals surface area contributed by atoms with Crippen molar-refractivity contribution in [1.29, 1.82) is 0 Å². The van der Waals surface area contributed by atoms with Gasteiger partial charge in [-0.05, 0) is 43.4 Å². The topological polar surface area (TPSA) is 55.1 Å². The minimum absolute atomic E-state index is 0.0401. The number of hydrogen-bond acceptors (Lipinski definition) is 2. The van der Waals surface area contributed by atoms with Crippen molar-refractivity contribution in [2.45, 2.75) is 58.9 Å². The van der Waals surface area contributed by atoms with Gasteiger partial charge in [0.05, 0.1) is 0 Å². The number of carbonyl (C=O) groups is 1. The molecule has 106 valence electrons. The molecule has 1 amide bonds. The summed E-state index contributed by atoms with van der Waals surface area (Å²) in [7, 11) is 0. The zero-order valence-corrected chi connectivity index (χ0v) is 12.9. The molecule has 1 aromatic rings. The highest BCUT2D eigenvalue weighted by Gasteiger charge is 2.18. The summed E-state index contributed by atoms with van der Waals surface area (Å²) in [4.78, 5) is 12.0. The van der Waals surface area contributed by atoms with Crippen LogP contribution >= 0.6 is 0 Å². The Kier molecular flexibility index (Phi) is 4.41. The van der Waals surface area contributed by atoms with Gasteiger partial charge in [-0.3, -0.25) is 4.79 Å². The van der Waals surface area contributed by atoms with Crippen LogP contribution in [0, 0.1) is 6.92 Å². The van der Waals surface area contributed by atoms with Crippen LogP contribution in [0.15, 0.2) is 18.2 Å². The zero-order valence-electron chi connectivity index (χ0n) is 12.9. The Morgan fingerprint density at radius 1 is 1.21 bits per heavy atom. The summed E-state index contributed by atoms with van der Waals surface area (Å²) in [6, 6.07) is 6.21. The minimum atomic E-state index is -0.486. The average Bonchev–Trinajstić information content (AvgIpc) is 2.16. The molecule has 1 rings (SSSR count). The Balaban J connectivity index is 2.92. The molecule has 0 aliphatic carbocycles. The second kappa shape index (κ2) is 5.33. The van der Waals surface area contributed by atoms with Gasteiger partial charge in [0, 0.05) is 17.6 Å². The van der Waals surface area contributed by atoms with Gasteiger partial charge in [0.2, 0.25) is 5.91 Å². The van der Waals surface area contributed by atoms with Crippen molar-refractivity contribution in [2.75, 3.05) is 5.32 Å². The lowest BCUT2D eigenvalue weighted by Crippen LogP contribution is -2.36. The molecule has 0 aliphatic rings. The van der Waals surface area contributed by atoms with Gasteiger partial charge in [0.1, 0.15) is 0 Å². The predicted octanol–water partition coefficient (Wildman–Crippen LogP) is 3.36. The molecule has 0 fully saturated rings. The van der Waals surface area contributed by atoms with Gasteiger partial charge < -0.3 is 11.1 Å². The molecule has 0 unspecified atom stereocenters. The number of amides is 1. The summed E-state index contributed by atoms with van der Waals surface area (Å²) in [6.07, 6.45) is 0.312. The van der Waals surface area contributed by atoms with Gasteiger partial charge in [-0.2, -0.15) is 0 Å². The Morgan fingerprint density at radius 2 is 1.79 bits per heavy atom. The molecule has 0 aromatic heterocycles. The molecule has 0 atom stereocenters. The SMILES string of the molecule is Cc1ccc(C(C)(C)C)cc1NC(=O)CC(C)(C)N. The van der Waals surface area contributed by atoms with Gasteiger partial charge in [-0.25, -0.2) is 0 Å². The normalized spacial score (nSPS) is 12.4. The van der Waals surface area contributed by atoms with Crippen molar-refractivity contribution in [2.24, 2.45) is 5.73 Å². The van der Waals surface area contributed by atoms with Crippen LogP contribution in [0.4, 0.5) is 5.69 Å². The van der Waals surface area contributed by atoms with Crippen LogP contribution in [0.2, 0.25) is 0 Å². The minimum Gasteiger partial charge on any atom is -0.326 e. The van der Waals surface area contributed by atoms with Crippen LogP contribution < -0.4 is 11.1 Å². The highest BCUT2D eigenvalue weighted by atomic mass is 16.1. The number of carbonyl (C=O) groups excluding carboxylic acids is 1. The number of rotatable bonds is 3. The average molecular weight is 262 g/mol. The summed E-state index contributed by atoms with van der Waals surface area (Å²) < 4.78 is 0. The van der Waals surface area contributed by atoms with E-state index >= 15 is 0 Å². The van der Waals surface area contributed by atoms with Gasteiger partial charge in [-0.1, -0.05) is 32.9 Å². The van der Waals surface area contributed by atoms with Crippen LogP contribution in [0.5, 0.6) is 0 Å². The molecular formula is C16H26N2O. The summed E-state index contributed by atoms with van der Waals surface area (Å²) in [5.41, 5.74) is 8.60. The van der Waals surface area contributed by atoms with Crippen LogP contribution in [0.3, 0.4) is 0 Å². The van der Waals surface area contributed by atoms with Crippen molar-refractivity contribution in [1.82, 2.24) is 0 Å². The number of hydrogen-bond donors (Lipinski definition) is 2.